The van der Waals surface area contributed by atoms with Gasteiger partial charge in [-0.2, -0.15) is 0 Å². The van der Waals surface area contributed by atoms with Crippen molar-refractivity contribution in [2.75, 3.05) is 0 Å². The van der Waals surface area contributed by atoms with Crippen LogP contribution in [0.2, 0.25) is 0 Å². The summed E-state index contributed by atoms with van der Waals surface area (Å²) in [5, 5.41) is 16.7. The van der Waals surface area contributed by atoms with E-state index in [1.807, 2.05) is 0 Å². The van der Waals surface area contributed by atoms with Crippen LogP contribution >= 0.6 is 0 Å². The summed E-state index contributed by atoms with van der Waals surface area (Å²) in [7, 11) is 0. The third-order valence-corrected chi connectivity index (χ3v) is 0.579. The van der Waals surface area contributed by atoms with E-state index in [2.05, 4.69) is 4.98 Å². The number of ether oxygens (including phenoxy) is 1. The second kappa shape index (κ2) is 3.06. The minimum atomic E-state index is -0.467. The van der Waals surface area contributed by atoms with E-state index < -0.39 is 11.5 Å². The number of hydrogen-bond donors (Lipinski definition) is 1. The summed E-state index contributed by atoms with van der Waals surface area (Å²) in [6.45, 7) is 5.32. The van der Waals surface area contributed by atoms with Crippen LogP contribution in [0, 0.1) is 5.39 Å². The average Bonchev–Trinajstić information content (AvgIpc) is 1.59. The molecule has 0 radical (unpaired) electrons. The highest BCUT2D eigenvalue weighted by Gasteiger charge is 2.14. The Labute approximate surface area is 59.7 Å². The molecule has 0 aromatic heterocycles. The van der Waals surface area contributed by atoms with Crippen molar-refractivity contribution in [3.8, 4) is 0 Å². The average molecular weight is 143 g/mol. The van der Waals surface area contributed by atoms with Gasteiger partial charge in [0.2, 0.25) is 5.39 Å². The zero-order valence-electron chi connectivity index (χ0n) is 6.33. The number of aliphatic hydroxyl groups is 1. The Balaban J connectivity index is 3.95. The Kier molecular flexibility index (Phi) is 2.68. The van der Waals surface area contributed by atoms with Crippen molar-refractivity contribution >= 4 is 0 Å². The van der Waals surface area contributed by atoms with E-state index in [1.54, 1.807) is 20.8 Å². The first-order valence-corrected chi connectivity index (χ1v) is 2.88. The second-order valence-electron chi connectivity index (χ2n) is 2.80. The summed E-state index contributed by atoms with van der Waals surface area (Å²) in [5.41, 5.74) is -0.467. The van der Waals surface area contributed by atoms with E-state index in [9.17, 15) is 0 Å². The Morgan fingerprint density at radius 3 is 2.40 bits per heavy atom. The fourth-order valence-corrected chi connectivity index (χ4v) is 0.389. The van der Waals surface area contributed by atoms with Crippen molar-refractivity contribution < 1.29 is 9.84 Å². The predicted molar refractivity (Wildman–Crippen MR) is 36.6 cm³/mol. The van der Waals surface area contributed by atoms with Gasteiger partial charge in [0.25, 0.3) is 0 Å². The summed E-state index contributed by atoms with van der Waals surface area (Å²) in [6.07, 6.45) is 0.825. The van der Waals surface area contributed by atoms with Crippen LogP contribution in [-0.4, -0.2) is 10.7 Å². The number of diazo groups is 1. The third-order valence-electron chi connectivity index (χ3n) is 0.579. The maximum absolute atomic E-state index is 8.77. The van der Waals surface area contributed by atoms with Gasteiger partial charge in [-0.15, -0.1) is 0 Å². The lowest BCUT2D eigenvalue weighted by Gasteiger charge is -2.17. The van der Waals surface area contributed by atoms with Crippen molar-refractivity contribution in [2.45, 2.75) is 26.4 Å². The van der Waals surface area contributed by atoms with Crippen molar-refractivity contribution in [1.82, 2.24) is 0 Å². The van der Waals surface area contributed by atoms with Crippen LogP contribution in [0.1, 0.15) is 20.8 Å². The Bertz CT molecular complexity index is 173. The van der Waals surface area contributed by atoms with Gasteiger partial charge in [-0.3, -0.25) is 0 Å². The topological polar surface area (TPSA) is 57.6 Å². The van der Waals surface area contributed by atoms with Crippen LogP contribution in [0.5, 0.6) is 0 Å². The van der Waals surface area contributed by atoms with E-state index in [-0.39, 0.29) is 0 Å². The van der Waals surface area contributed by atoms with E-state index in [1.165, 1.54) is 0 Å². The lowest BCUT2D eigenvalue weighted by Crippen LogP contribution is -2.18. The molecule has 4 nitrogen and oxygen atoms in total. The third kappa shape index (κ3) is 4.91. The first-order valence-electron chi connectivity index (χ1n) is 2.88. The van der Waals surface area contributed by atoms with Crippen LogP contribution in [0.15, 0.2) is 12.1 Å². The number of aliphatic hydroxyl groups excluding tert-OH is 1. The van der Waals surface area contributed by atoms with Crippen molar-refractivity contribution in [3.05, 3.63) is 17.1 Å². The molecule has 0 atom stereocenters. The van der Waals surface area contributed by atoms with E-state index in [0.29, 0.717) is 0 Å². The van der Waals surface area contributed by atoms with Crippen molar-refractivity contribution in [1.29, 1.82) is 5.39 Å². The normalized spacial score (nSPS) is 12.4. The summed E-state index contributed by atoms with van der Waals surface area (Å²) < 4.78 is 4.84. The Morgan fingerprint density at radius 2 is 2.10 bits per heavy atom. The van der Waals surface area contributed by atoms with Gasteiger partial charge in [-0.05, 0) is 20.8 Å². The predicted octanol–water partition coefficient (Wildman–Crippen LogP) is 2.01. The number of hydrogen-bond acceptors (Lipinski definition) is 3. The van der Waals surface area contributed by atoms with Gasteiger partial charge in [-0.25, -0.2) is 0 Å². The molecular formula is C6H11N2O2+. The molecule has 4 heteroatoms. The molecule has 0 amide bonds. The smallest absolute Gasteiger partial charge is 0.429 e. The molecule has 10 heavy (non-hydrogen) atoms. The van der Waals surface area contributed by atoms with Crippen LogP contribution in [0.3, 0.4) is 0 Å². The first-order chi connectivity index (χ1) is 4.45. The molecular weight excluding hydrogens is 132 g/mol. The highest BCUT2D eigenvalue weighted by Crippen LogP contribution is 2.10. The molecule has 0 bridgehead atoms. The molecule has 0 aliphatic heterocycles. The van der Waals surface area contributed by atoms with Gasteiger partial charge >= 0.3 is 12.1 Å². The van der Waals surface area contributed by atoms with Crippen molar-refractivity contribution in [2.24, 2.45) is 0 Å². The summed E-state index contributed by atoms with van der Waals surface area (Å²) in [6, 6.07) is 0. The van der Waals surface area contributed by atoms with E-state index in [4.69, 9.17) is 15.2 Å². The molecule has 1 N–H and O–H groups in total. The molecule has 56 valence electrons. The minimum Gasteiger partial charge on any atom is -0.476 e. The van der Waals surface area contributed by atoms with Gasteiger partial charge in [0.1, 0.15) is 5.60 Å². The minimum absolute atomic E-state index is 0.394. The van der Waals surface area contributed by atoms with E-state index >= 15 is 0 Å². The molecule has 0 aromatic carbocycles. The zero-order chi connectivity index (χ0) is 8.20. The summed E-state index contributed by atoms with van der Waals surface area (Å²) >= 11 is 0. The largest absolute Gasteiger partial charge is 0.476 e. The highest BCUT2D eigenvalue weighted by molar-refractivity contribution is 4.89. The molecule has 0 spiro atoms. The van der Waals surface area contributed by atoms with Gasteiger partial charge in [0.05, 0.1) is 0 Å². The van der Waals surface area contributed by atoms with Gasteiger partial charge in [-0.1, -0.05) is 0 Å². The molecule has 0 saturated carbocycles. The fourth-order valence-electron chi connectivity index (χ4n) is 0.389. The van der Waals surface area contributed by atoms with Crippen LogP contribution in [0.25, 0.3) is 4.98 Å². The van der Waals surface area contributed by atoms with Gasteiger partial charge in [0, 0.05) is 0 Å². The van der Waals surface area contributed by atoms with Crippen LogP contribution < -0.4 is 0 Å². The summed E-state index contributed by atoms with van der Waals surface area (Å²) in [5.74, 6) is -0.394. The highest BCUT2D eigenvalue weighted by atomic mass is 16.6. The standard InChI is InChI=1S/C6H10N2O2/c1-6(2,3)10-5(9)4-8-7/h4H,1-3H3/p+1/b5-4+. The number of nitrogens with zero attached hydrogens (tertiary/aromatic N) is 2. The lowest BCUT2D eigenvalue weighted by atomic mass is 10.2. The second-order valence-corrected chi connectivity index (χ2v) is 2.80. The molecule has 0 heterocycles. The molecule has 0 rings (SSSR count). The Morgan fingerprint density at radius 1 is 1.60 bits per heavy atom. The molecule has 0 aliphatic rings. The Hall–Kier alpha value is -1.24. The molecule has 0 aromatic rings. The fraction of sp³-hybridized carbons (Fsp3) is 0.667. The SMILES string of the molecule is CC(C)(C)O/C(O)=C/[N+]#N. The first kappa shape index (κ1) is 8.76. The van der Waals surface area contributed by atoms with Crippen LogP contribution in [0.4, 0.5) is 0 Å². The number of rotatable bonds is 1. The monoisotopic (exact) mass is 143 g/mol. The van der Waals surface area contributed by atoms with Gasteiger partial charge in [0.15, 0.2) is 4.98 Å². The maximum Gasteiger partial charge on any atom is 0.429 e. The zero-order valence-corrected chi connectivity index (χ0v) is 6.33. The summed E-state index contributed by atoms with van der Waals surface area (Å²) in [4.78, 5) is 2.58. The lowest BCUT2D eigenvalue weighted by molar-refractivity contribution is -0.0143. The molecule has 0 saturated heterocycles. The van der Waals surface area contributed by atoms with Crippen molar-refractivity contribution in [3.63, 3.8) is 0 Å². The quantitative estimate of drug-likeness (QED) is 0.451. The van der Waals surface area contributed by atoms with Gasteiger partial charge < -0.3 is 9.84 Å². The molecule has 0 fully saturated rings. The molecule has 0 unspecified atom stereocenters. The molecule has 0 aliphatic carbocycles. The maximum atomic E-state index is 8.77. The van der Waals surface area contributed by atoms with Crippen LogP contribution in [-0.2, 0) is 4.74 Å². The van der Waals surface area contributed by atoms with E-state index in [0.717, 1.165) is 6.20 Å².